The third-order valence-electron chi connectivity index (χ3n) is 5.55. The maximum atomic E-state index is 13.0. The maximum absolute atomic E-state index is 13.0. The monoisotopic (exact) mass is 450 g/mol. The summed E-state index contributed by atoms with van der Waals surface area (Å²) < 4.78 is 33.0. The van der Waals surface area contributed by atoms with Crippen LogP contribution >= 0.6 is 0 Å². The number of benzene rings is 3. The molecule has 1 aliphatic heterocycles. The summed E-state index contributed by atoms with van der Waals surface area (Å²) in [7, 11) is -3.56. The summed E-state index contributed by atoms with van der Waals surface area (Å²) in [5.41, 5.74) is 3.82. The first-order valence-electron chi connectivity index (χ1n) is 10.6. The number of ether oxygens (including phenoxy) is 1. The molecule has 0 saturated heterocycles. The Labute approximate surface area is 188 Å². The zero-order valence-electron chi connectivity index (χ0n) is 18.0. The molecule has 32 heavy (non-hydrogen) atoms. The highest BCUT2D eigenvalue weighted by Crippen LogP contribution is 2.27. The lowest BCUT2D eigenvalue weighted by Gasteiger charge is -2.28. The van der Waals surface area contributed by atoms with Crippen molar-refractivity contribution in [2.45, 2.75) is 31.2 Å². The van der Waals surface area contributed by atoms with Gasteiger partial charge in [0.2, 0.25) is 10.0 Å². The summed E-state index contributed by atoms with van der Waals surface area (Å²) in [5, 5.41) is 2.84. The van der Waals surface area contributed by atoms with E-state index < -0.39 is 10.0 Å². The first-order chi connectivity index (χ1) is 15.5. The number of carbonyl (C=O) groups excluding carboxylic acids is 1. The van der Waals surface area contributed by atoms with Gasteiger partial charge in [-0.1, -0.05) is 43.3 Å². The fraction of sp³-hybridized carbons (Fsp3) is 0.240. The molecule has 1 amide bonds. The van der Waals surface area contributed by atoms with Gasteiger partial charge in [-0.2, -0.15) is 4.31 Å². The lowest BCUT2D eigenvalue weighted by molar-refractivity contribution is -0.118. The van der Waals surface area contributed by atoms with Crippen LogP contribution < -0.4 is 10.1 Å². The lowest BCUT2D eigenvalue weighted by Crippen LogP contribution is -2.36. The quantitative estimate of drug-likeness (QED) is 0.590. The van der Waals surface area contributed by atoms with Crippen LogP contribution in [-0.4, -0.2) is 31.8 Å². The molecular weight excluding hydrogens is 424 g/mol. The zero-order valence-corrected chi connectivity index (χ0v) is 18.8. The van der Waals surface area contributed by atoms with E-state index in [0.717, 1.165) is 17.5 Å². The minimum atomic E-state index is -3.56. The first kappa shape index (κ1) is 22.0. The Morgan fingerprint density at radius 1 is 1.00 bits per heavy atom. The minimum absolute atomic E-state index is 0.100. The number of hydrogen-bond donors (Lipinski definition) is 1. The number of nitrogens with zero attached hydrogens (tertiary/aromatic N) is 1. The number of nitrogens with one attached hydrogen (secondary N) is 1. The minimum Gasteiger partial charge on any atom is -0.484 e. The summed E-state index contributed by atoms with van der Waals surface area (Å²) >= 11 is 0. The van der Waals surface area contributed by atoms with Gasteiger partial charge >= 0.3 is 0 Å². The van der Waals surface area contributed by atoms with E-state index >= 15 is 0 Å². The van der Waals surface area contributed by atoms with Gasteiger partial charge in [0.05, 0.1) is 4.90 Å². The fourth-order valence-electron chi connectivity index (χ4n) is 3.72. The largest absolute Gasteiger partial charge is 0.484 e. The smallest absolute Gasteiger partial charge is 0.262 e. The molecule has 0 aromatic heterocycles. The molecule has 3 aromatic carbocycles. The van der Waals surface area contributed by atoms with Crippen LogP contribution in [0, 0.1) is 0 Å². The topological polar surface area (TPSA) is 75.7 Å². The molecule has 0 aliphatic carbocycles. The van der Waals surface area contributed by atoms with Gasteiger partial charge in [0.25, 0.3) is 5.91 Å². The van der Waals surface area contributed by atoms with Gasteiger partial charge in [-0.25, -0.2) is 8.42 Å². The average molecular weight is 451 g/mol. The van der Waals surface area contributed by atoms with Crippen LogP contribution in [-0.2, 0) is 34.2 Å². The second-order valence-corrected chi connectivity index (χ2v) is 9.66. The van der Waals surface area contributed by atoms with E-state index in [9.17, 15) is 13.2 Å². The normalized spacial score (nSPS) is 13.9. The highest BCUT2D eigenvalue weighted by Gasteiger charge is 2.28. The zero-order chi connectivity index (χ0) is 22.6. The summed E-state index contributed by atoms with van der Waals surface area (Å²) in [6, 6.07) is 21.7. The summed E-state index contributed by atoms with van der Waals surface area (Å²) in [6.45, 7) is 2.69. The SMILES string of the molecule is CCc1ccc(OCC(=O)Nc2ccc3c(c2)CN(S(=O)(=O)c2ccccc2)CC3)cc1. The van der Waals surface area contributed by atoms with Gasteiger partial charge in [-0.05, 0) is 65.9 Å². The highest BCUT2D eigenvalue weighted by atomic mass is 32.2. The van der Waals surface area contributed by atoms with E-state index in [4.69, 9.17) is 4.74 Å². The summed E-state index contributed by atoms with van der Waals surface area (Å²) in [4.78, 5) is 12.6. The van der Waals surface area contributed by atoms with Crippen LogP contribution in [0.5, 0.6) is 5.75 Å². The van der Waals surface area contributed by atoms with Crippen LogP contribution in [0.4, 0.5) is 5.69 Å². The van der Waals surface area contributed by atoms with Crippen LogP contribution in [0.2, 0.25) is 0 Å². The molecule has 1 aliphatic rings. The molecule has 6 nitrogen and oxygen atoms in total. The molecule has 0 saturated carbocycles. The maximum Gasteiger partial charge on any atom is 0.262 e. The van der Waals surface area contributed by atoms with Crippen molar-refractivity contribution in [2.75, 3.05) is 18.5 Å². The molecular formula is C25H26N2O4S. The molecule has 0 unspecified atom stereocenters. The number of carbonyl (C=O) groups is 1. The number of fused-ring (bicyclic) bond motifs is 1. The van der Waals surface area contributed by atoms with Crippen LogP contribution in [0.3, 0.4) is 0 Å². The Morgan fingerprint density at radius 2 is 1.75 bits per heavy atom. The molecule has 166 valence electrons. The van der Waals surface area contributed by atoms with Gasteiger partial charge in [0, 0.05) is 18.8 Å². The van der Waals surface area contributed by atoms with E-state index in [1.54, 1.807) is 30.3 Å². The number of aryl methyl sites for hydroxylation is 1. The molecule has 0 fully saturated rings. The van der Waals surface area contributed by atoms with Crippen molar-refractivity contribution in [1.29, 1.82) is 0 Å². The predicted molar refractivity (Wildman–Crippen MR) is 124 cm³/mol. The van der Waals surface area contributed by atoms with Crippen molar-refractivity contribution in [1.82, 2.24) is 4.31 Å². The molecule has 1 heterocycles. The van der Waals surface area contributed by atoms with Gasteiger partial charge in [0.1, 0.15) is 5.75 Å². The standard InChI is InChI=1S/C25H26N2O4S/c1-2-19-8-12-23(13-9-19)31-18-25(28)26-22-11-10-20-14-15-27(17-21(20)16-22)32(29,30)24-6-4-3-5-7-24/h3-13,16H,2,14-15,17-18H2,1H3,(H,26,28). The molecule has 4 rings (SSSR count). The number of amides is 1. The Balaban J connectivity index is 1.40. The van der Waals surface area contributed by atoms with E-state index in [1.165, 1.54) is 9.87 Å². The van der Waals surface area contributed by atoms with Crippen molar-refractivity contribution in [2.24, 2.45) is 0 Å². The van der Waals surface area contributed by atoms with Crippen molar-refractivity contribution in [3.05, 3.63) is 89.5 Å². The lowest BCUT2D eigenvalue weighted by atomic mass is 10.0. The van der Waals surface area contributed by atoms with Crippen molar-refractivity contribution < 1.29 is 17.9 Å². The van der Waals surface area contributed by atoms with E-state index in [0.29, 0.717) is 24.4 Å². The first-order valence-corrected chi connectivity index (χ1v) is 12.1. The van der Waals surface area contributed by atoms with Crippen LogP contribution in [0.25, 0.3) is 0 Å². The van der Waals surface area contributed by atoms with Crippen molar-refractivity contribution in [3.8, 4) is 5.75 Å². The summed E-state index contributed by atoms with van der Waals surface area (Å²) in [5.74, 6) is 0.374. The molecule has 0 radical (unpaired) electrons. The van der Waals surface area contributed by atoms with E-state index in [1.807, 2.05) is 42.5 Å². The Morgan fingerprint density at radius 3 is 2.47 bits per heavy atom. The Hall–Kier alpha value is -3.16. The number of hydrogen-bond acceptors (Lipinski definition) is 4. The molecule has 3 aromatic rings. The van der Waals surface area contributed by atoms with E-state index in [-0.39, 0.29) is 24.0 Å². The van der Waals surface area contributed by atoms with Crippen LogP contribution in [0.1, 0.15) is 23.6 Å². The highest BCUT2D eigenvalue weighted by molar-refractivity contribution is 7.89. The van der Waals surface area contributed by atoms with Gasteiger partial charge in [-0.3, -0.25) is 4.79 Å². The fourth-order valence-corrected chi connectivity index (χ4v) is 5.16. The average Bonchev–Trinajstić information content (AvgIpc) is 2.83. The molecule has 7 heteroatoms. The number of anilines is 1. The van der Waals surface area contributed by atoms with E-state index in [2.05, 4.69) is 12.2 Å². The number of sulfonamides is 1. The van der Waals surface area contributed by atoms with Crippen LogP contribution in [0.15, 0.2) is 77.7 Å². The third-order valence-corrected chi connectivity index (χ3v) is 7.41. The Bertz CT molecular complexity index is 1190. The molecule has 0 bridgehead atoms. The number of rotatable bonds is 7. The van der Waals surface area contributed by atoms with Gasteiger partial charge in [0.15, 0.2) is 6.61 Å². The molecule has 0 spiro atoms. The Kier molecular flexibility index (Phi) is 6.58. The molecule has 1 N–H and O–H groups in total. The third kappa shape index (κ3) is 5.00. The van der Waals surface area contributed by atoms with Gasteiger partial charge < -0.3 is 10.1 Å². The second-order valence-electron chi connectivity index (χ2n) is 7.72. The summed E-state index contributed by atoms with van der Waals surface area (Å²) in [6.07, 6.45) is 1.58. The molecule has 0 atom stereocenters. The van der Waals surface area contributed by atoms with Gasteiger partial charge in [-0.15, -0.1) is 0 Å². The van der Waals surface area contributed by atoms with Crippen molar-refractivity contribution >= 4 is 21.6 Å². The van der Waals surface area contributed by atoms with Crippen molar-refractivity contribution in [3.63, 3.8) is 0 Å². The predicted octanol–water partition coefficient (Wildman–Crippen LogP) is 4.01. The second kappa shape index (κ2) is 9.54.